The minimum Gasteiger partial charge on any atom is -0.351 e. The summed E-state index contributed by atoms with van der Waals surface area (Å²) in [6.07, 6.45) is 0. The van der Waals surface area contributed by atoms with Gasteiger partial charge in [0.15, 0.2) is 0 Å². The van der Waals surface area contributed by atoms with E-state index >= 15 is 0 Å². The first-order valence-electron chi connectivity index (χ1n) is 10.0. The Labute approximate surface area is 180 Å². The van der Waals surface area contributed by atoms with Gasteiger partial charge in [0.1, 0.15) is 0 Å². The van der Waals surface area contributed by atoms with E-state index in [-0.39, 0.29) is 32.9 Å². The number of carbonyl (C=O) groups is 1. The zero-order valence-electron chi connectivity index (χ0n) is 18.7. The number of benzene rings is 2. The van der Waals surface area contributed by atoms with E-state index in [0.717, 1.165) is 11.1 Å². The molecule has 0 heterocycles. The van der Waals surface area contributed by atoms with Crippen LogP contribution in [0.5, 0.6) is 0 Å². The Morgan fingerprint density at radius 3 is 1.97 bits per heavy atom. The molecule has 0 aliphatic carbocycles. The van der Waals surface area contributed by atoms with Gasteiger partial charge < -0.3 is 11.1 Å². The fourth-order valence-corrected chi connectivity index (χ4v) is 4.02. The van der Waals surface area contributed by atoms with Gasteiger partial charge in [-0.1, -0.05) is 59.7 Å². The molecule has 0 aliphatic rings. The van der Waals surface area contributed by atoms with Gasteiger partial charge in [-0.25, -0.2) is 8.42 Å². The Bertz CT molecular complexity index is 984. The molecule has 2 aromatic rings. The topological polar surface area (TPSA) is 101 Å². The molecule has 1 amide bonds. The molecular formula is C23H33N3O3S. The SMILES string of the molecule is CC(C)(C)c1cc(C(C)(C)C)cc(S(=O)(=O)Nc2ccccc2C(=O)NCCN)c1. The van der Waals surface area contributed by atoms with Crippen molar-refractivity contribution in [2.45, 2.75) is 57.3 Å². The van der Waals surface area contributed by atoms with Gasteiger partial charge in [0.05, 0.1) is 16.1 Å². The highest BCUT2D eigenvalue weighted by Gasteiger charge is 2.25. The molecule has 0 saturated heterocycles. The molecule has 0 spiro atoms. The predicted octanol–water partition coefficient (Wildman–Crippen LogP) is 3.77. The maximum atomic E-state index is 13.3. The summed E-state index contributed by atoms with van der Waals surface area (Å²) in [5, 5.41) is 2.67. The summed E-state index contributed by atoms with van der Waals surface area (Å²) >= 11 is 0. The summed E-state index contributed by atoms with van der Waals surface area (Å²) in [6.45, 7) is 12.9. The molecule has 164 valence electrons. The lowest BCUT2D eigenvalue weighted by atomic mass is 9.81. The smallest absolute Gasteiger partial charge is 0.261 e. The standard InChI is InChI=1S/C23H33N3O3S/c1-22(2,3)16-13-17(23(4,5)6)15-18(14-16)30(28,29)26-20-10-8-7-9-19(20)21(27)25-12-11-24/h7-10,13-15,26H,11-12,24H2,1-6H3,(H,25,27). The van der Waals surface area contributed by atoms with Crippen molar-refractivity contribution in [2.24, 2.45) is 5.73 Å². The molecule has 7 heteroatoms. The summed E-state index contributed by atoms with van der Waals surface area (Å²) in [6, 6.07) is 12.0. The number of rotatable bonds is 6. The monoisotopic (exact) mass is 431 g/mol. The largest absolute Gasteiger partial charge is 0.351 e. The molecule has 0 saturated carbocycles. The van der Waals surface area contributed by atoms with Crippen LogP contribution < -0.4 is 15.8 Å². The van der Waals surface area contributed by atoms with Crippen molar-refractivity contribution in [3.8, 4) is 0 Å². The van der Waals surface area contributed by atoms with Crippen LogP contribution in [0.15, 0.2) is 47.4 Å². The van der Waals surface area contributed by atoms with Crippen LogP contribution in [-0.2, 0) is 20.9 Å². The maximum Gasteiger partial charge on any atom is 0.261 e. The van der Waals surface area contributed by atoms with Crippen molar-refractivity contribution in [1.29, 1.82) is 0 Å². The number of amides is 1. The Kier molecular flexibility index (Phi) is 6.99. The third-order valence-electron chi connectivity index (χ3n) is 4.79. The summed E-state index contributed by atoms with van der Waals surface area (Å²) in [5.74, 6) is -0.377. The number of hydrogen-bond acceptors (Lipinski definition) is 4. The predicted molar refractivity (Wildman–Crippen MR) is 122 cm³/mol. The molecule has 0 aliphatic heterocycles. The highest BCUT2D eigenvalue weighted by molar-refractivity contribution is 7.92. The molecule has 2 aromatic carbocycles. The maximum absolute atomic E-state index is 13.3. The Morgan fingerprint density at radius 1 is 0.933 bits per heavy atom. The number of nitrogens with one attached hydrogen (secondary N) is 2. The van der Waals surface area contributed by atoms with Crippen LogP contribution in [0.2, 0.25) is 0 Å². The van der Waals surface area contributed by atoms with Gasteiger partial charge in [-0.2, -0.15) is 0 Å². The summed E-state index contributed by atoms with van der Waals surface area (Å²) in [7, 11) is -3.91. The minimum atomic E-state index is -3.91. The second kappa shape index (κ2) is 8.78. The van der Waals surface area contributed by atoms with Gasteiger partial charge >= 0.3 is 0 Å². The van der Waals surface area contributed by atoms with Gasteiger partial charge in [-0.15, -0.1) is 0 Å². The van der Waals surface area contributed by atoms with Crippen molar-refractivity contribution in [3.63, 3.8) is 0 Å². The fraction of sp³-hybridized carbons (Fsp3) is 0.435. The van der Waals surface area contributed by atoms with Crippen molar-refractivity contribution >= 4 is 21.6 Å². The molecule has 0 aromatic heterocycles. The van der Waals surface area contributed by atoms with Gasteiger partial charge in [-0.05, 0) is 46.2 Å². The number of sulfonamides is 1. The molecular weight excluding hydrogens is 398 g/mol. The third kappa shape index (κ3) is 5.83. The number of anilines is 1. The van der Waals surface area contributed by atoms with Crippen molar-refractivity contribution in [2.75, 3.05) is 17.8 Å². The molecule has 0 radical (unpaired) electrons. The van der Waals surface area contributed by atoms with Gasteiger partial charge in [-0.3, -0.25) is 9.52 Å². The van der Waals surface area contributed by atoms with E-state index in [0.29, 0.717) is 13.1 Å². The minimum absolute atomic E-state index is 0.178. The average Bonchev–Trinajstić information content (AvgIpc) is 2.64. The van der Waals surface area contributed by atoms with Crippen LogP contribution in [0, 0.1) is 0 Å². The molecule has 30 heavy (non-hydrogen) atoms. The van der Waals surface area contributed by atoms with Gasteiger partial charge in [0, 0.05) is 13.1 Å². The number of carbonyl (C=O) groups excluding carboxylic acids is 1. The Morgan fingerprint density at radius 2 is 1.47 bits per heavy atom. The fourth-order valence-electron chi connectivity index (χ4n) is 2.87. The first-order chi connectivity index (χ1) is 13.8. The van der Waals surface area contributed by atoms with E-state index in [4.69, 9.17) is 5.73 Å². The average molecular weight is 432 g/mol. The summed E-state index contributed by atoms with van der Waals surface area (Å²) in [5.41, 5.74) is 7.35. The van der Waals surface area contributed by atoms with E-state index in [1.54, 1.807) is 36.4 Å². The lowest BCUT2D eigenvalue weighted by Crippen LogP contribution is -2.30. The van der Waals surface area contributed by atoms with E-state index in [9.17, 15) is 13.2 Å². The Hall–Kier alpha value is -2.38. The van der Waals surface area contributed by atoms with Crippen LogP contribution in [-0.4, -0.2) is 27.4 Å². The molecule has 0 unspecified atom stereocenters. The molecule has 0 fully saturated rings. The first-order valence-corrected chi connectivity index (χ1v) is 11.5. The quantitative estimate of drug-likeness (QED) is 0.648. The number of hydrogen-bond donors (Lipinski definition) is 3. The van der Waals surface area contributed by atoms with E-state index in [1.807, 2.05) is 0 Å². The van der Waals surface area contributed by atoms with Crippen LogP contribution >= 0.6 is 0 Å². The van der Waals surface area contributed by atoms with Crippen LogP contribution in [0.25, 0.3) is 0 Å². The molecule has 2 rings (SSSR count). The molecule has 6 nitrogen and oxygen atoms in total. The molecule has 0 atom stereocenters. The van der Waals surface area contributed by atoms with Crippen LogP contribution in [0.4, 0.5) is 5.69 Å². The second-order valence-electron chi connectivity index (χ2n) is 9.44. The Balaban J connectivity index is 2.52. The van der Waals surface area contributed by atoms with Crippen LogP contribution in [0.1, 0.15) is 63.0 Å². The van der Waals surface area contributed by atoms with Gasteiger partial charge in [0.2, 0.25) is 0 Å². The van der Waals surface area contributed by atoms with E-state index in [2.05, 4.69) is 57.6 Å². The van der Waals surface area contributed by atoms with Crippen LogP contribution in [0.3, 0.4) is 0 Å². The summed E-state index contributed by atoms with van der Waals surface area (Å²) < 4.78 is 29.2. The lowest BCUT2D eigenvalue weighted by molar-refractivity contribution is 0.0955. The zero-order valence-corrected chi connectivity index (χ0v) is 19.5. The number of nitrogens with two attached hydrogens (primary N) is 1. The van der Waals surface area contributed by atoms with Crippen molar-refractivity contribution < 1.29 is 13.2 Å². The molecule has 0 bridgehead atoms. The molecule has 4 N–H and O–H groups in total. The highest BCUT2D eigenvalue weighted by atomic mass is 32.2. The van der Waals surface area contributed by atoms with E-state index in [1.165, 1.54) is 0 Å². The zero-order chi connectivity index (χ0) is 22.7. The lowest BCUT2D eigenvalue weighted by Gasteiger charge is -2.26. The first kappa shape index (κ1) is 23.9. The van der Waals surface area contributed by atoms with E-state index < -0.39 is 10.0 Å². The van der Waals surface area contributed by atoms with Crippen molar-refractivity contribution in [1.82, 2.24) is 5.32 Å². The normalized spacial score (nSPS) is 12.5. The van der Waals surface area contributed by atoms with Crippen molar-refractivity contribution in [3.05, 3.63) is 59.2 Å². The second-order valence-corrected chi connectivity index (χ2v) is 11.1. The summed E-state index contributed by atoms with van der Waals surface area (Å²) in [4.78, 5) is 12.6. The van der Waals surface area contributed by atoms with Gasteiger partial charge in [0.25, 0.3) is 15.9 Å². The third-order valence-corrected chi connectivity index (χ3v) is 6.14. The number of para-hydroxylation sites is 1. The highest BCUT2D eigenvalue weighted by Crippen LogP contribution is 2.32.